The van der Waals surface area contributed by atoms with E-state index in [1.165, 1.54) is 0 Å². The first-order chi connectivity index (χ1) is 5.49. The van der Waals surface area contributed by atoms with Crippen molar-refractivity contribution in [3.8, 4) is 5.75 Å². The highest BCUT2D eigenvalue weighted by Crippen LogP contribution is 2.20. The summed E-state index contributed by atoms with van der Waals surface area (Å²) in [7, 11) is -3.40. The fraction of sp³-hybridized carbons (Fsp3) is 0.143. The van der Waals surface area contributed by atoms with Crippen LogP contribution in [0.3, 0.4) is 0 Å². The molecule has 66 valence electrons. The molecule has 0 radical (unpaired) electrons. The molecule has 0 fully saturated rings. The van der Waals surface area contributed by atoms with Crippen LogP contribution >= 0.6 is 22.6 Å². The van der Waals surface area contributed by atoms with Crippen LogP contribution in [0.5, 0.6) is 5.75 Å². The normalized spacial score (nSPS) is 11.2. The van der Waals surface area contributed by atoms with Gasteiger partial charge in [0.25, 0.3) is 0 Å². The molecule has 0 atom stereocenters. The van der Waals surface area contributed by atoms with Gasteiger partial charge < -0.3 is 4.18 Å². The van der Waals surface area contributed by atoms with E-state index in [1.54, 1.807) is 18.2 Å². The number of rotatable bonds is 2. The number of para-hydroxylation sites is 1. The van der Waals surface area contributed by atoms with E-state index in [4.69, 9.17) is 4.18 Å². The van der Waals surface area contributed by atoms with Crippen LogP contribution in [0.25, 0.3) is 0 Å². The zero-order valence-electron chi connectivity index (χ0n) is 6.32. The molecule has 0 aliphatic carbocycles. The van der Waals surface area contributed by atoms with E-state index >= 15 is 0 Å². The zero-order valence-corrected chi connectivity index (χ0v) is 9.29. The van der Waals surface area contributed by atoms with E-state index in [1.807, 2.05) is 28.7 Å². The molecule has 1 aromatic carbocycles. The second-order valence-electron chi connectivity index (χ2n) is 2.22. The van der Waals surface area contributed by atoms with Gasteiger partial charge in [0.2, 0.25) is 0 Å². The molecule has 0 bridgehead atoms. The van der Waals surface area contributed by atoms with Crippen molar-refractivity contribution in [3.63, 3.8) is 0 Å². The van der Waals surface area contributed by atoms with Crippen molar-refractivity contribution in [2.75, 3.05) is 6.26 Å². The third-order valence-corrected chi connectivity index (χ3v) is 2.45. The Morgan fingerprint density at radius 2 is 1.92 bits per heavy atom. The van der Waals surface area contributed by atoms with Crippen LogP contribution in [0.15, 0.2) is 24.3 Å². The predicted octanol–water partition coefficient (Wildman–Crippen LogP) is 1.63. The summed E-state index contributed by atoms with van der Waals surface area (Å²) >= 11 is 2.01. The Morgan fingerprint density at radius 3 is 2.42 bits per heavy atom. The minimum Gasteiger partial charge on any atom is -0.381 e. The number of hydrogen-bond acceptors (Lipinski definition) is 3. The molecule has 3 nitrogen and oxygen atoms in total. The lowest BCUT2D eigenvalue weighted by atomic mass is 10.3. The van der Waals surface area contributed by atoms with Gasteiger partial charge in [0.15, 0.2) is 5.75 Å². The van der Waals surface area contributed by atoms with Crippen molar-refractivity contribution in [1.82, 2.24) is 0 Å². The van der Waals surface area contributed by atoms with E-state index in [2.05, 4.69) is 0 Å². The summed E-state index contributed by atoms with van der Waals surface area (Å²) in [4.78, 5) is 0. The summed E-state index contributed by atoms with van der Waals surface area (Å²) in [5, 5.41) is 0. The zero-order chi connectivity index (χ0) is 9.19. The minimum atomic E-state index is -3.40. The van der Waals surface area contributed by atoms with Crippen molar-refractivity contribution in [2.45, 2.75) is 0 Å². The molecule has 0 aromatic heterocycles. The molecular formula is C7H7IO3S. The first-order valence-electron chi connectivity index (χ1n) is 3.13. The molecule has 0 saturated carbocycles. The van der Waals surface area contributed by atoms with E-state index in [9.17, 15) is 8.42 Å². The van der Waals surface area contributed by atoms with Crippen LogP contribution in [0, 0.1) is 3.57 Å². The van der Waals surface area contributed by atoms with Crippen molar-refractivity contribution >= 4 is 32.7 Å². The average Bonchev–Trinajstić information content (AvgIpc) is 1.91. The Hall–Kier alpha value is -0.300. The fourth-order valence-corrected chi connectivity index (χ4v) is 1.79. The maximum atomic E-state index is 10.7. The second-order valence-corrected chi connectivity index (χ2v) is 4.95. The highest BCUT2D eigenvalue weighted by Gasteiger charge is 2.06. The van der Waals surface area contributed by atoms with Gasteiger partial charge >= 0.3 is 10.1 Å². The lowest BCUT2D eigenvalue weighted by Gasteiger charge is -2.03. The summed E-state index contributed by atoms with van der Waals surface area (Å²) in [6.45, 7) is 0. The van der Waals surface area contributed by atoms with Gasteiger partial charge in [-0.1, -0.05) is 12.1 Å². The molecule has 0 aliphatic heterocycles. The highest BCUT2D eigenvalue weighted by atomic mass is 127. The molecule has 0 heterocycles. The SMILES string of the molecule is CS(=O)(=O)Oc1ccccc1I. The molecule has 12 heavy (non-hydrogen) atoms. The van der Waals surface area contributed by atoms with Gasteiger partial charge in [0.05, 0.1) is 9.83 Å². The largest absolute Gasteiger partial charge is 0.381 e. The molecule has 0 aliphatic rings. The lowest BCUT2D eigenvalue weighted by molar-refractivity contribution is 0.491. The average molecular weight is 298 g/mol. The molecule has 0 amide bonds. The lowest BCUT2D eigenvalue weighted by Crippen LogP contribution is -2.06. The van der Waals surface area contributed by atoms with Crippen LogP contribution in [0.4, 0.5) is 0 Å². The summed E-state index contributed by atoms with van der Waals surface area (Å²) in [6, 6.07) is 6.93. The summed E-state index contributed by atoms with van der Waals surface area (Å²) in [6.07, 6.45) is 1.02. The quantitative estimate of drug-likeness (QED) is 0.616. The fourth-order valence-electron chi connectivity index (χ4n) is 0.675. The van der Waals surface area contributed by atoms with Crippen molar-refractivity contribution < 1.29 is 12.6 Å². The molecule has 0 N–H and O–H groups in total. The van der Waals surface area contributed by atoms with Gasteiger partial charge in [0.1, 0.15) is 0 Å². The summed E-state index contributed by atoms with van der Waals surface area (Å²) in [5.74, 6) is 0.376. The van der Waals surface area contributed by atoms with Gasteiger partial charge in [-0.25, -0.2) is 0 Å². The van der Waals surface area contributed by atoms with E-state index in [0.29, 0.717) is 5.75 Å². The maximum absolute atomic E-state index is 10.7. The van der Waals surface area contributed by atoms with Gasteiger partial charge in [-0.05, 0) is 34.7 Å². The smallest absolute Gasteiger partial charge is 0.306 e. The molecule has 5 heteroatoms. The Morgan fingerprint density at radius 1 is 1.33 bits per heavy atom. The first kappa shape index (κ1) is 9.79. The molecule has 0 unspecified atom stereocenters. The van der Waals surface area contributed by atoms with Gasteiger partial charge in [-0.15, -0.1) is 0 Å². The van der Waals surface area contributed by atoms with Crippen LogP contribution in [0.2, 0.25) is 0 Å². The molecule has 0 saturated heterocycles. The molecule has 1 rings (SSSR count). The van der Waals surface area contributed by atoms with E-state index < -0.39 is 10.1 Å². The number of halogens is 1. The van der Waals surface area contributed by atoms with Crippen molar-refractivity contribution in [3.05, 3.63) is 27.8 Å². The van der Waals surface area contributed by atoms with Crippen molar-refractivity contribution in [1.29, 1.82) is 0 Å². The van der Waals surface area contributed by atoms with Crippen LogP contribution in [0.1, 0.15) is 0 Å². The third kappa shape index (κ3) is 2.98. The first-order valence-corrected chi connectivity index (χ1v) is 6.02. The predicted molar refractivity (Wildman–Crippen MR) is 54.6 cm³/mol. The minimum absolute atomic E-state index is 0.376. The van der Waals surface area contributed by atoms with E-state index in [0.717, 1.165) is 9.83 Å². The second kappa shape index (κ2) is 3.61. The van der Waals surface area contributed by atoms with Gasteiger partial charge in [0, 0.05) is 0 Å². The molecular weight excluding hydrogens is 291 g/mol. The molecule has 1 aromatic rings. The number of hydrogen-bond donors (Lipinski definition) is 0. The topological polar surface area (TPSA) is 43.4 Å². The van der Waals surface area contributed by atoms with Crippen molar-refractivity contribution in [2.24, 2.45) is 0 Å². The van der Waals surface area contributed by atoms with E-state index in [-0.39, 0.29) is 0 Å². The van der Waals surface area contributed by atoms with Crippen LogP contribution < -0.4 is 4.18 Å². The molecule has 0 spiro atoms. The third-order valence-electron chi connectivity index (χ3n) is 1.08. The summed E-state index contributed by atoms with van der Waals surface area (Å²) < 4.78 is 26.9. The van der Waals surface area contributed by atoms with Crippen LogP contribution in [-0.4, -0.2) is 14.7 Å². The number of benzene rings is 1. The van der Waals surface area contributed by atoms with Gasteiger partial charge in [-0.3, -0.25) is 0 Å². The van der Waals surface area contributed by atoms with Crippen LogP contribution in [-0.2, 0) is 10.1 Å². The Bertz CT molecular complexity index is 372. The monoisotopic (exact) mass is 298 g/mol. The summed E-state index contributed by atoms with van der Waals surface area (Å²) in [5.41, 5.74) is 0. The Balaban J connectivity index is 2.98. The Kier molecular flexibility index (Phi) is 2.94. The Labute approximate surface area is 85.0 Å². The van der Waals surface area contributed by atoms with Gasteiger partial charge in [-0.2, -0.15) is 8.42 Å². The standard InChI is InChI=1S/C7H7IO3S/c1-12(9,10)11-7-5-3-2-4-6(7)8/h2-5H,1H3. The highest BCUT2D eigenvalue weighted by molar-refractivity contribution is 14.1. The maximum Gasteiger partial charge on any atom is 0.306 e.